The minimum Gasteiger partial charge on any atom is -0.306 e. The van der Waals surface area contributed by atoms with Crippen molar-refractivity contribution < 1.29 is 0 Å². The van der Waals surface area contributed by atoms with E-state index in [9.17, 15) is 0 Å². The van der Waals surface area contributed by atoms with Gasteiger partial charge in [-0.25, -0.2) is 0 Å². The van der Waals surface area contributed by atoms with Gasteiger partial charge in [-0.15, -0.1) is 10.2 Å². The molecule has 0 aromatic carbocycles. The third kappa shape index (κ3) is 1.41. The summed E-state index contributed by atoms with van der Waals surface area (Å²) in [5.41, 5.74) is 0. The van der Waals surface area contributed by atoms with E-state index in [1.54, 1.807) is 6.33 Å². The van der Waals surface area contributed by atoms with E-state index in [1.165, 1.54) is 0 Å². The summed E-state index contributed by atoms with van der Waals surface area (Å²) >= 11 is 2.16. The van der Waals surface area contributed by atoms with Gasteiger partial charge >= 0.3 is 0 Å². The van der Waals surface area contributed by atoms with Gasteiger partial charge in [0, 0.05) is 28.6 Å². The van der Waals surface area contributed by atoms with Gasteiger partial charge in [0.05, 0.1) is 0 Å². The van der Waals surface area contributed by atoms with Crippen LogP contribution in [0.3, 0.4) is 0 Å². The van der Waals surface area contributed by atoms with Crippen molar-refractivity contribution in [2.24, 2.45) is 0 Å². The van der Waals surface area contributed by atoms with Crippen LogP contribution in [0, 0.1) is 3.83 Å². The Balaban J connectivity index is 2.94. The Hall–Kier alpha value is -0.130. The molecule has 0 atom stereocenters. The monoisotopic (exact) mass is 237 g/mol. The highest BCUT2D eigenvalue weighted by molar-refractivity contribution is 14.1. The highest BCUT2D eigenvalue weighted by atomic mass is 127. The minimum absolute atomic E-state index is 0.465. The molecule has 0 unspecified atom stereocenters. The van der Waals surface area contributed by atoms with E-state index in [1.807, 2.05) is 4.57 Å². The molecule has 0 amide bonds. The van der Waals surface area contributed by atoms with Gasteiger partial charge in [-0.1, -0.05) is 0 Å². The second kappa shape index (κ2) is 2.64. The fraction of sp³-hybridized carbons (Fsp3) is 0.600. The summed E-state index contributed by atoms with van der Waals surface area (Å²) in [5.74, 6) is 0. The quantitative estimate of drug-likeness (QED) is 0.692. The smallest absolute Gasteiger partial charge is 0.194 e. The van der Waals surface area contributed by atoms with Gasteiger partial charge in [-0.05, 0) is 13.8 Å². The largest absolute Gasteiger partial charge is 0.306 e. The average Bonchev–Trinajstić information content (AvgIpc) is 2.13. The maximum absolute atomic E-state index is 3.84. The van der Waals surface area contributed by atoms with Crippen LogP contribution in [0.5, 0.6) is 0 Å². The van der Waals surface area contributed by atoms with E-state index >= 15 is 0 Å². The summed E-state index contributed by atoms with van der Waals surface area (Å²) in [6, 6.07) is 0.465. The van der Waals surface area contributed by atoms with E-state index in [-0.39, 0.29) is 0 Å². The summed E-state index contributed by atoms with van der Waals surface area (Å²) < 4.78 is 2.96. The van der Waals surface area contributed by atoms with Crippen LogP contribution in [-0.2, 0) is 0 Å². The molecule has 9 heavy (non-hydrogen) atoms. The van der Waals surface area contributed by atoms with Crippen molar-refractivity contribution >= 4 is 22.6 Å². The molecule has 0 bridgehead atoms. The molecular formula is C5H8IN3. The first-order valence-corrected chi connectivity index (χ1v) is 3.84. The molecule has 0 aliphatic rings. The van der Waals surface area contributed by atoms with Crippen LogP contribution >= 0.6 is 22.6 Å². The summed E-state index contributed by atoms with van der Waals surface area (Å²) in [7, 11) is 0. The number of nitrogens with zero attached hydrogens (tertiary/aromatic N) is 3. The van der Waals surface area contributed by atoms with Crippen molar-refractivity contribution in [1.29, 1.82) is 0 Å². The minimum atomic E-state index is 0.465. The Labute approximate surface area is 67.6 Å². The van der Waals surface area contributed by atoms with Crippen molar-refractivity contribution in [3.63, 3.8) is 0 Å². The zero-order valence-corrected chi connectivity index (χ0v) is 7.53. The standard InChI is InChI=1S/C5H8IN3/c1-4(2)9-3-7-8-5(9)6/h3-4H,1-2H3. The van der Waals surface area contributed by atoms with E-state index in [4.69, 9.17) is 0 Å². The van der Waals surface area contributed by atoms with Gasteiger partial charge < -0.3 is 4.57 Å². The van der Waals surface area contributed by atoms with E-state index in [2.05, 4.69) is 46.6 Å². The summed E-state index contributed by atoms with van der Waals surface area (Å²) in [6.45, 7) is 4.21. The molecule has 50 valence electrons. The SMILES string of the molecule is CC(C)n1cnnc1I. The van der Waals surface area contributed by atoms with Crippen molar-refractivity contribution in [1.82, 2.24) is 14.8 Å². The molecular weight excluding hydrogens is 229 g/mol. The number of halogens is 1. The second-order valence-electron chi connectivity index (χ2n) is 2.10. The molecule has 0 aliphatic heterocycles. The molecule has 1 aromatic rings. The number of hydrogen-bond acceptors (Lipinski definition) is 2. The fourth-order valence-corrected chi connectivity index (χ4v) is 1.38. The molecule has 1 aromatic heterocycles. The molecule has 0 N–H and O–H groups in total. The lowest BCUT2D eigenvalue weighted by atomic mass is 10.4. The molecule has 1 rings (SSSR count). The predicted octanol–water partition coefficient (Wildman–Crippen LogP) is 1.46. The molecule has 0 spiro atoms. The third-order valence-corrected chi connectivity index (χ3v) is 1.86. The molecule has 3 nitrogen and oxygen atoms in total. The first kappa shape index (κ1) is 6.98. The molecule has 0 aliphatic carbocycles. The average molecular weight is 237 g/mol. The van der Waals surface area contributed by atoms with Crippen molar-refractivity contribution in [2.45, 2.75) is 19.9 Å². The molecule has 0 fully saturated rings. The Morgan fingerprint density at radius 1 is 1.67 bits per heavy atom. The normalized spacial score (nSPS) is 10.7. The van der Waals surface area contributed by atoms with Crippen LogP contribution in [0.2, 0.25) is 0 Å². The highest BCUT2D eigenvalue weighted by Crippen LogP contribution is 2.07. The fourth-order valence-electron chi connectivity index (χ4n) is 0.575. The lowest BCUT2D eigenvalue weighted by Gasteiger charge is -2.04. The van der Waals surface area contributed by atoms with E-state index in [0.717, 1.165) is 3.83 Å². The maximum Gasteiger partial charge on any atom is 0.194 e. The molecule has 1 heterocycles. The Bertz CT molecular complexity index is 194. The molecule has 0 saturated carbocycles. The lowest BCUT2D eigenvalue weighted by molar-refractivity contribution is 0.584. The molecule has 4 heteroatoms. The predicted molar refractivity (Wildman–Crippen MR) is 43.1 cm³/mol. The first-order chi connectivity index (χ1) is 4.22. The second-order valence-corrected chi connectivity index (χ2v) is 3.07. The molecule has 0 saturated heterocycles. The molecule has 0 radical (unpaired) electrons. The van der Waals surface area contributed by atoms with Crippen LogP contribution in [0.25, 0.3) is 0 Å². The number of rotatable bonds is 1. The van der Waals surface area contributed by atoms with Crippen LogP contribution in [0.15, 0.2) is 6.33 Å². The zero-order valence-electron chi connectivity index (χ0n) is 5.37. The summed E-state index contributed by atoms with van der Waals surface area (Å²) in [4.78, 5) is 0. The Morgan fingerprint density at radius 3 is 2.56 bits per heavy atom. The maximum atomic E-state index is 3.84. The van der Waals surface area contributed by atoms with Crippen molar-refractivity contribution in [3.8, 4) is 0 Å². The Morgan fingerprint density at radius 2 is 2.33 bits per heavy atom. The van der Waals surface area contributed by atoms with Gasteiger partial charge in [0.2, 0.25) is 0 Å². The van der Waals surface area contributed by atoms with Gasteiger partial charge in [-0.2, -0.15) is 0 Å². The van der Waals surface area contributed by atoms with Gasteiger partial charge in [0.1, 0.15) is 6.33 Å². The topological polar surface area (TPSA) is 30.7 Å². The Kier molecular flexibility index (Phi) is 2.05. The van der Waals surface area contributed by atoms with Crippen LogP contribution < -0.4 is 0 Å². The van der Waals surface area contributed by atoms with Gasteiger partial charge in [0.25, 0.3) is 0 Å². The lowest BCUT2D eigenvalue weighted by Crippen LogP contribution is -2.00. The van der Waals surface area contributed by atoms with Gasteiger partial charge in [-0.3, -0.25) is 0 Å². The zero-order chi connectivity index (χ0) is 6.85. The third-order valence-electron chi connectivity index (χ3n) is 1.09. The van der Waals surface area contributed by atoms with Crippen LogP contribution in [-0.4, -0.2) is 14.8 Å². The first-order valence-electron chi connectivity index (χ1n) is 2.77. The van der Waals surface area contributed by atoms with Crippen molar-refractivity contribution in [3.05, 3.63) is 10.2 Å². The van der Waals surface area contributed by atoms with E-state index in [0.29, 0.717) is 6.04 Å². The van der Waals surface area contributed by atoms with Crippen molar-refractivity contribution in [2.75, 3.05) is 0 Å². The number of hydrogen-bond donors (Lipinski definition) is 0. The summed E-state index contributed by atoms with van der Waals surface area (Å²) in [6.07, 6.45) is 1.74. The number of aromatic nitrogens is 3. The van der Waals surface area contributed by atoms with Crippen LogP contribution in [0.4, 0.5) is 0 Å². The van der Waals surface area contributed by atoms with Gasteiger partial charge in [0.15, 0.2) is 3.83 Å². The highest BCUT2D eigenvalue weighted by Gasteiger charge is 2.01. The van der Waals surface area contributed by atoms with Crippen LogP contribution in [0.1, 0.15) is 19.9 Å². The van der Waals surface area contributed by atoms with E-state index < -0.39 is 0 Å². The summed E-state index contributed by atoms with van der Waals surface area (Å²) in [5, 5.41) is 7.59.